The maximum absolute atomic E-state index is 5.78. The fourth-order valence-electron chi connectivity index (χ4n) is 3.00. The highest BCUT2D eigenvalue weighted by atomic mass is 79.9. The molecule has 2 N–H and O–H groups in total. The van der Waals surface area contributed by atoms with Gasteiger partial charge in [-0.3, -0.25) is 0 Å². The highest BCUT2D eigenvalue weighted by Gasteiger charge is 2.12. The Balaban J connectivity index is 0.00000243. The molecule has 0 aliphatic carbocycles. The van der Waals surface area contributed by atoms with E-state index in [9.17, 15) is 0 Å². The van der Waals surface area contributed by atoms with E-state index in [1.54, 1.807) is 7.11 Å². The van der Waals surface area contributed by atoms with Gasteiger partial charge in [-0.15, -0.1) is 12.4 Å². The molecular weight excluding hydrogens is 416 g/mol. The van der Waals surface area contributed by atoms with Gasteiger partial charge in [-0.1, -0.05) is 34.1 Å². The SMILES string of the molecule is CCOc1c(CNCCc2c[nH]c3ccccc23)cc(Br)cc1OC.Cl. The first-order valence-electron chi connectivity index (χ1n) is 8.47. The maximum atomic E-state index is 5.78. The van der Waals surface area contributed by atoms with Gasteiger partial charge in [0.05, 0.1) is 13.7 Å². The third-order valence-corrected chi connectivity index (χ3v) is 4.62. The first-order valence-corrected chi connectivity index (χ1v) is 9.27. The van der Waals surface area contributed by atoms with Crippen LogP contribution in [0, 0.1) is 0 Å². The summed E-state index contributed by atoms with van der Waals surface area (Å²) < 4.78 is 12.2. The zero-order valence-electron chi connectivity index (χ0n) is 15.0. The van der Waals surface area contributed by atoms with E-state index in [1.165, 1.54) is 16.5 Å². The van der Waals surface area contributed by atoms with E-state index in [-0.39, 0.29) is 12.4 Å². The molecule has 1 aromatic heterocycles. The lowest BCUT2D eigenvalue weighted by atomic mass is 10.1. The second kappa shape index (κ2) is 9.86. The maximum Gasteiger partial charge on any atom is 0.165 e. The van der Waals surface area contributed by atoms with Crippen molar-refractivity contribution in [1.29, 1.82) is 0 Å². The average molecular weight is 440 g/mol. The van der Waals surface area contributed by atoms with E-state index in [1.807, 2.05) is 13.0 Å². The number of ether oxygens (including phenoxy) is 2. The summed E-state index contributed by atoms with van der Waals surface area (Å²) in [6, 6.07) is 12.4. The number of nitrogens with one attached hydrogen (secondary N) is 2. The molecule has 0 amide bonds. The minimum atomic E-state index is 0. The molecule has 0 aliphatic heterocycles. The molecule has 0 atom stereocenters. The first-order chi connectivity index (χ1) is 12.2. The third-order valence-electron chi connectivity index (χ3n) is 4.17. The summed E-state index contributed by atoms with van der Waals surface area (Å²) in [7, 11) is 1.67. The second-order valence-corrected chi connectivity index (χ2v) is 6.73. The van der Waals surface area contributed by atoms with Gasteiger partial charge < -0.3 is 19.8 Å². The third kappa shape index (κ3) is 4.72. The Hall–Kier alpha value is -1.69. The van der Waals surface area contributed by atoms with Gasteiger partial charge in [-0.2, -0.15) is 0 Å². The highest BCUT2D eigenvalue weighted by Crippen LogP contribution is 2.34. The van der Waals surface area contributed by atoms with Crippen molar-refractivity contribution in [2.75, 3.05) is 20.3 Å². The number of rotatable bonds is 8. The Kier molecular flexibility index (Phi) is 7.82. The molecule has 0 spiro atoms. The van der Waals surface area contributed by atoms with E-state index >= 15 is 0 Å². The normalized spacial score (nSPS) is 10.6. The van der Waals surface area contributed by atoms with Crippen molar-refractivity contribution in [3.05, 3.63) is 58.2 Å². The van der Waals surface area contributed by atoms with Crippen molar-refractivity contribution in [1.82, 2.24) is 10.3 Å². The van der Waals surface area contributed by atoms with Crippen LogP contribution in [0.4, 0.5) is 0 Å². The minimum absolute atomic E-state index is 0. The molecule has 2 aromatic carbocycles. The van der Waals surface area contributed by atoms with Crippen molar-refractivity contribution in [3.8, 4) is 11.5 Å². The number of fused-ring (bicyclic) bond motifs is 1. The van der Waals surface area contributed by atoms with Crippen LogP contribution in [0.25, 0.3) is 10.9 Å². The van der Waals surface area contributed by atoms with Crippen LogP contribution in [0.1, 0.15) is 18.1 Å². The summed E-state index contributed by atoms with van der Waals surface area (Å²) in [5.41, 5.74) is 3.61. The summed E-state index contributed by atoms with van der Waals surface area (Å²) in [4.78, 5) is 3.32. The summed E-state index contributed by atoms with van der Waals surface area (Å²) >= 11 is 3.54. The van der Waals surface area contributed by atoms with Crippen molar-refractivity contribution in [2.24, 2.45) is 0 Å². The molecule has 3 rings (SSSR count). The zero-order chi connectivity index (χ0) is 17.6. The number of hydrogen-bond donors (Lipinski definition) is 2. The van der Waals surface area contributed by atoms with Crippen molar-refractivity contribution < 1.29 is 9.47 Å². The molecule has 0 saturated carbocycles. The predicted molar refractivity (Wildman–Crippen MR) is 113 cm³/mol. The highest BCUT2D eigenvalue weighted by molar-refractivity contribution is 9.10. The predicted octanol–water partition coefficient (Wildman–Crippen LogP) is 5.09. The smallest absolute Gasteiger partial charge is 0.165 e. The second-order valence-electron chi connectivity index (χ2n) is 5.82. The van der Waals surface area contributed by atoms with E-state index in [0.29, 0.717) is 6.61 Å². The molecule has 4 nitrogen and oxygen atoms in total. The Bertz CT molecular complexity index is 851. The Morgan fingerprint density at radius 2 is 1.96 bits per heavy atom. The van der Waals surface area contributed by atoms with Gasteiger partial charge in [-0.25, -0.2) is 0 Å². The van der Waals surface area contributed by atoms with Gasteiger partial charge in [0.15, 0.2) is 11.5 Å². The molecule has 3 aromatic rings. The zero-order valence-corrected chi connectivity index (χ0v) is 17.4. The quantitative estimate of drug-likeness (QED) is 0.480. The number of methoxy groups -OCH3 is 1. The van der Waals surface area contributed by atoms with Crippen LogP contribution >= 0.6 is 28.3 Å². The molecule has 0 saturated heterocycles. The Labute approximate surface area is 168 Å². The Morgan fingerprint density at radius 1 is 1.15 bits per heavy atom. The number of aromatic nitrogens is 1. The number of hydrogen-bond acceptors (Lipinski definition) is 3. The molecule has 0 aliphatic rings. The molecule has 0 unspecified atom stereocenters. The van der Waals surface area contributed by atoms with Gasteiger partial charge in [0.2, 0.25) is 0 Å². The van der Waals surface area contributed by atoms with E-state index < -0.39 is 0 Å². The Morgan fingerprint density at radius 3 is 2.73 bits per heavy atom. The van der Waals surface area contributed by atoms with Crippen LogP contribution in [0.2, 0.25) is 0 Å². The average Bonchev–Trinajstić information content (AvgIpc) is 3.03. The molecule has 6 heteroatoms. The van der Waals surface area contributed by atoms with Crippen LogP contribution in [0.5, 0.6) is 11.5 Å². The molecule has 0 bridgehead atoms. The molecular formula is C20H24BrClN2O2. The minimum Gasteiger partial charge on any atom is -0.493 e. The van der Waals surface area contributed by atoms with Gasteiger partial charge in [0, 0.05) is 33.7 Å². The lowest BCUT2D eigenvalue weighted by Crippen LogP contribution is -2.17. The number of benzene rings is 2. The van der Waals surface area contributed by atoms with Gasteiger partial charge in [-0.05, 0) is 43.7 Å². The van der Waals surface area contributed by atoms with E-state index in [2.05, 4.69) is 62.8 Å². The van der Waals surface area contributed by atoms with Crippen molar-refractivity contribution >= 4 is 39.2 Å². The van der Waals surface area contributed by atoms with E-state index in [0.717, 1.165) is 41.0 Å². The molecule has 0 radical (unpaired) electrons. The van der Waals surface area contributed by atoms with Gasteiger partial charge >= 0.3 is 0 Å². The van der Waals surface area contributed by atoms with Crippen molar-refractivity contribution in [2.45, 2.75) is 19.9 Å². The van der Waals surface area contributed by atoms with Crippen LogP contribution in [-0.4, -0.2) is 25.2 Å². The fraction of sp³-hybridized carbons (Fsp3) is 0.300. The number of aromatic amines is 1. The number of H-pyrrole nitrogens is 1. The number of para-hydroxylation sites is 1. The summed E-state index contributed by atoms with van der Waals surface area (Å²) in [5.74, 6) is 1.57. The van der Waals surface area contributed by atoms with Crippen LogP contribution < -0.4 is 14.8 Å². The van der Waals surface area contributed by atoms with Crippen LogP contribution in [0.15, 0.2) is 47.1 Å². The topological polar surface area (TPSA) is 46.3 Å². The molecule has 0 fully saturated rings. The van der Waals surface area contributed by atoms with E-state index in [4.69, 9.17) is 9.47 Å². The molecule has 140 valence electrons. The monoisotopic (exact) mass is 438 g/mol. The summed E-state index contributed by atoms with van der Waals surface area (Å²) in [6.45, 7) is 4.21. The first kappa shape index (κ1) is 20.6. The van der Waals surface area contributed by atoms with Crippen LogP contribution in [0.3, 0.4) is 0 Å². The van der Waals surface area contributed by atoms with Crippen LogP contribution in [-0.2, 0) is 13.0 Å². The lowest BCUT2D eigenvalue weighted by molar-refractivity contribution is 0.306. The van der Waals surface area contributed by atoms with Gasteiger partial charge in [0.1, 0.15) is 0 Å². The largest absolute Gasteiger partial charge is 0.493 e. The van der Waals surface area contributed by atoms with Gasteiger partial charge in [0.25, 0.3) is 0 Å². The standard InChI is InChI=1S/C20H23BrN2O2.ClH/c1-3-25-20-15(10-16(21)11-19(20)24-2)12-22-9-8-14-13-23-18-7-5-4-6-17(14)18;/h4-7,10-11,13,22-23H,3,8-9,12H2,1-2H3;1H. The number of halogens is 2. The summed E-state index contributed by atoms with van der Waals surface area (Å²) in [5, 5.41) is 4.81. The molecule has 1 heterocycles. The molecule has 26 heavy (non-hydrogen) atoms. The summed E-state index contributed by atoms with van der Waals surface area (Å²) in [6.07, 6.45) is 3.07. The van der Waals surface area contributed by atoms with Crippen molar-refractivity contribution in [3.63, 3.8) is 0 Å². The fourth-order valence-corrected chi connectivity index (χ4v) is 3.48. The lowest BCUT2D eigenvalue weighted by Gasteiger charge is -2.15.